The van der Waals surface area contributed by atoms with Gasteiger partial charge in [0.2, 0.25) is 0 Å². The highest BCUT2D eigenvalue weighted by molar-refractivity contribution is 7.09. The van der Waals surface area contributed by atoms with Gasteiger partial charge in [-0.25, -0.2) is 0 Å². The van der Waals surface area contributed by atoms with Crippen LogP contribution in [0.4, 0.5) is 0 Å². The van der Waals surface area contributed by atoms with Crippen LogP contribution in [0.15, 0.2) is 41.8 Å². The van der Waals surface area contributed by atoms with Crippen molar-refractivity contribution in [2.45, 2.75) is 70.5 Å². The number of Topliss-reactive ketones (excluding diaryl/α,β-unsaturated/α-hetero) is 1. The molecule has 3 unspecified atom stereocenters. The molecule has 1 aliphatic carbocycles. The van der Waals surface area contributed by atoms with Crippen LogP contribution >= 0.6 is 11.3 Å². The molecule has 0 aliphatic heterocycles. The van der Waals surface area contributed by atoms with Crippen molar-refractivity contribution in [1.82, 2.24) is 0 Å². The zero-order chi connectivity index (χ0) is 19.8. The minimum absolute atomic E-state index is 0.0802. The summed E-state index contributed by atoms with van der Waals surface area (Å²) in [7, 11) is 0. The van der Waals surface area contributed by atoms with E-state index < -0.39 is 6.10 Å². The highest BCUT2D eigenvalue weighted by atomic mass is 32.1. The van der Waals surface area contributed by atoms with Crippen LogP contribution in [-0.2, 0) is 16.1 Å². The summed E-state index contributed by atoms with van der Waals surface area (Å²) < 4.78 is 5.95. The molecule has 0 bridgehead atoms. The van der Waals surface area contributed by atoms with Gasteiger partial charge in [-0.15, -0.1) is 11.3 Å². The normalized spacial score (nSPS) is 21.0. The minimum Gasteiger partial charge on any atom is -0.388 e. The van der Waals surface area contributed by atoms with Crippen LogP contribution in [0.25, 0.3) is 0 Å². The van der Waals surface area contributed by atoms with Crippen LogP contribution in [-0.4, -0.2) is 17.5 Å². The first-order chi connectivity index (χ1) is 13.7. The Bertz CT molecular complexity index is 708. The van der Waals surface area contributed by atoms with E-state index in [4.69, 9.17) is 4.74 Å². The fourth-order valence-corrected chi connectivity index (χ4v) is 4.79. The number of ketones is 1. The average molecular weight is 401 g/mol. The maximum absolute atomic E-state index is 12.7. The van der Waals surface area contributed by atoms with Gasteiger partial charge in [0.25, 0.3) is 0 Å². The summed E-state index contributed by atoms with van der Waals surface area (Å²) in [6.07, 6.45) is 6.39. The molecular formula is C24H32O3S. The summed E-state index contributed by atoms with van der Waals surface area (Å²) in [5.41, 5.74) is 2.02. The number of aliphatic hydroxyl groups excluding tert-OH is 1. The maximum Gasteiger partial charge on any atom is 0.140 e. The molecule has 1 aromatic carbocycles. The Morgan fingerprint density at radius 1 is 1.21 bits per heavy atom. The molecule has 1 aliphatic rings. The first-order valence-electron chi connectivity index (χ1n) is 10.6. The number of carbonyl (C=O) groups excluding carboxylic acids is 1. The first-order valence-corrected chi connectivity index (χ1v) is 11.5. The Morgan fingerprint density at radius 3 is 2.75 bits per heavy atom. The lowest BCUT2D eigenvalue weighted by molar-refractivity contribution is -0.124. The number of ether oxygens (including phenoxy) is 1. The molecule has 1 heterocycles. The summed E-state index contributed by atoms with van der Waals surface area (Å²) in [5, 5.41) is 12.4. The molecule has 28 heavy (non-hydrogen) atoms. The smallest absolute Gasteiger partial charge is 0.140 e. The van der Waals surface area contributed by atoms with Gasteiger partial charge in [0.15, 0.2) is 0 Å². The average Bonchev–Trinajstić information content (AvgIpc) is 3.22. The zero-order valence-corrected chi connectivity index (χ0v) is 17.6. The zero-order valence-electron chi connectivity index (χ0n) is 16.8. The lowest BCUT2D eigenvalue weighted by Crippen LogP contribution is -2.29. The number of benzene rings is 1. The fourth-order valence-electron chi connectivity index (χ4n) is 4.15. The molecule has 1 aromatic heterocycles. The largest absolute Gasteiger partial charge is 0.388 e. The van der Waals surface area contributed by atoms with Crippen molar-refractivity contribution in [3.8, 4) is 0 Å². The number of hydrogen-bond acceptors (Lipinski definition) is 4. The lowest BCUT2D eigenvalue weighted by atomic mass is 9.75. The highest BCUT2D eigenvalue weighted by Crippen LogP contribution is 2.36. The first kappa shape index (κ1) is 21.2. The molecule has 0 amide bonds. The van der Waals surface area contributed by atoms with E-state index in [-0.39, 0.29) is 11.8 Å². The second kappa shape index (κ2) is 10.9. The van der Waals surface area contributed by atoms with Crippen LogP contribution in [0.5, 0.6) is 0 Å². The van der Waals surface area contributed by atoms with Gasteiger partial charge in [0.1, 0.15) is 5.78 Å². The van der Waals surface area contributed by atoms with Crippen LogP contribution in [0.2, 0.25) is 0 Å². The van der Waals surface area contributed by atoms with E-state index in [0.717, 1.165) is 49.7 Å². The van der Waals surface area contributed by atoms with Crippen molar-refractivity contribution in [3.05, 3.63) is 57.8 Å². The van der Waals surface area contributed by atoms with Gasteiger partial charge >= 0.3 is 0 Å². The Balaban J connectivity index is 1.61. The number of rotatable bonds is 10. The second-order valence-corrected chi connectivity index (χ2v) is 8.90. The van der Waals surface area contributed by atoms with Gasteiger partial charge in [-0.05, 0) is 47.8 Å². The van der Waals surface area contributed by atoms with Crippen LogP contribution in [0.3, 0.4) is 0 Å². The fraction of sp³-hybridized carbons (Fsp3) is 0.542. The van der Waals surface area contributed by atoms with E-state index in [1.54, 1.807) is 11.3 Å². The number of thiophene rings is 1. The number of carbonyl (C=O) groups is 1. The van der Waals surface area contributed by atoms with Gasteiger partial charge in [-0.2, -0.15) is 0 Å². The Morgan fingerprint density at radius 2 is 2.04 bits per heavy atom. The highest BCUT2D eigenvalue weighted by Gasteiger charge is 2.33. The summed E-state index contributed by atoms with van der Waals surface area (Å²) in [6.45, 7) is 3.41. The third-order valence-corrected chi connectivity index (χ3v) is 6.58. The van der Waals surface area contributed by atoms with Crippen molar-refractivity contribution in [1.29, 1.82) is 0 Å². The standard InChI is InChI=1S/C24H32O3S/c1-2-3-4-9-22(25)18-11-13-19(14-12-18)24-20(7-5-10-23(24)26)16-27-17-21-8-6-15-28-21/h6,8,11-15,20,22,24-25H,2-5,7,9-10,16-17H2,1H3. The summed E-state index contributed by atoms with van der Waals surface area (Å²) in [4.78, 5) is 13.9. The van der Waals surface area contributed by atoms with Gasteiger partial charge in [0.05, 0.1) is 19.3 Å². The quantitative estimate of drug-likeness (QED) is 0.495. The van der Waals surface area contributed by atoms with E-state index in [9.17, 15) is 9.90 Å². The van der Waals surface area contributed by atoms with E-state index >= 15 is 0 Å². The molecule has 0 radical (unpaired) electrons. The van der Waals surface area contributed by atoms with E-state index in [2.05, 4.69) is 18.4 Å². The van der Waals surface area contributed by atoms with E-state index in [1.807, 2.05) is 30.3 Å². The van der Waals surface area contributed by atoms with Crippen LogP contribution in [0.1, 0.15) is 79.9 Å². The Labute approximate surface area is 172 Å². The molecule has 2 aromatic rings. The topological polar surface area (TPSA) is 46.5 Å². The van der Waals surface area contributed by atoms with E-state index in [1.165, 1.54) is 4.88 Å². The summed E-state index contributed by atoms with van der Waals surface area (Å²) in [5.74, 6) is 0.483. The lowest BCUT2D eigenvalue weighted by Gasteiger charge is -2.30. The summed E-state index contributed by atoms with van der Waals surface area (Å²) in [6, 6.07) is 12.2. The number of unbranched alkanes of at least 4 members (excludes halogenated alkanes) is 2. The molecule has 3 rings (SSSR count). The Kier molecular flexibility index (Phi) is 8.26. The van der Waals surface area contributed by atoms with Crippen molar-refractivity contribution in [2.24, 2.45) is 5.92 Å². The SMILES string of the molecule is CCCCCC(O)c1ccc(C2C(=O)CCCC2COCc2cccs2)cc1. The van der Waals surface area contributed by atoms with Gasteiger partial charge < -0.3 is 9.84 Å². The molecule has 0 spiro atoms. The minimum atomic E-state index is -0.410. The van der Waals surface area contributed by atoms with Crippen molar-refractivity contribution < 1.29 is 14.6 Å². The maximum atomic E-state index is 12.7. The molecule has 4 heteroatoms. The molecule has 1 fully saturated rings. The van der Waals surface area contributed by atoms with Crippen molar-refractivity contribution in [3.63, 3.8) is 0 Å². The number of aliphatic hydroxyl groups is 1. The summed E-state index contributed by atoms with van der Waals surface area (Å²) >= 11 is 1.70. The van der Waals surface area contributed by atoms with Crippen LogP contribution < -0.4 is 0 Å². The molecular weight excluding hydrogens is 368 g/mol. The van der Waals surface area contributed by atoms with Gasteiger partial charge in [-0.1, -0.05) is 56.5 Å². The van der Waals surface area contributed by atoms with E-state index in [0.29, 0.717) is 25.4 Å². The third-order valence-electron chi connectivity index (χ3n) is 5.73. The van der Waals surface area contributed by atoms with Crippen LogP contribution in [0, 0.1) is 5.92 Å². The van der Waals surface area contributed by atoms with Crippen molar-refractivity contribution in [2.75, 3.05) is 6.61 Å². The monoisotopic (exact) mass is 400 g/mol. The van der Waals surface area contributed by atoms with Crippen molar-refractivity contribution >= 4 is 17.1 Å². The predicted molar refractivity (Wildman–Crippen MR) is 115 cm³/mol. The molecule has 3 atom stereocenters. The predicted octanol–water partition coefficient (Wildman–Crippen LogP) is 6.03. The number of hydrogen-bond donors (Lipinski definition) is 1. The van der Waals surface area contributed by atoms with Gasteiger partial charge in [-0.3, -0.25) is 4.79 Å². The Hall–Kier alpha value is -1.49. The second-order valence-electron chi connectivity index (χ2n) is 7.87. The third kappa shape index (κ3) is 5.76. The molecule has 152 valence electrons. The molecule has 3 nitrogen and oxygen atoms in total. The van der Waals surface area contributed by atoms with Gasteiger partial charge in [0, 0.05) is 17.2 Å². The molecule has 1 saturated carbocycles. The molecule has 0 saturated heterocycles. The molecule has 1 N–H and O–H groups in total.